The Morgan fingerprint density at radius 1 is 0.371 bits per heavy atom. The Kier molecular flexibility index (Phi) is 9.16. The number of benzene rings is 9. The average Bonchev–Trinajstić information content (AvgIpc) is 3.32. The Morgan fingerprint density at radius 2 is 0.935 bits per heavy atom. The fraction of sp³-hybridized carbons (Fsp3) is 0.0690. The van der Waals surface area contributed by atoms with E-state index < -0.39 is 0 Å². The predicted molar refractivity (Wildman–Crippen MR) is 265 cm³/mol. The van der Waals surface area contributed by atoms with Crippen LogP contribution in [0.25, 0.3) is 22.3 Å². The van der Waals surface area contributed by atoms with Crippen molar-refractivity contribution >= 4 is 74.3 Å². The zero-order chi connectivity index (χ0) is 41.8. The van der Waals surface area contributed by atoms with Gasteiger partial charge in [-0.3, -0.25) is 0 Å². The summed E-state index contributed by atoms with van der Waals surface area (Å²) in [4.78, 5) is 7.41. The molecule has 296 valence electrons. The van der Waals surface area contributed by atoms with E-state index in [1.165, 1.54) is 67.0 Å². The lowest BCUT2D eigenvalue weighted by Gasteiger charge is -2.45. The Hall–Kier alpha value is -7.56. The first-order valence-corrected chi connectivity index (χ1v) is 21.6. The normalized spacial score (nSPS) is 12.7. The molecule has 11 rings (SSSR count). The van der Waals surface area contributed by atoms with E-state index in [-0.39, 0.29) is 12.1 Å². The molecule has 0 N–H and O–H groups in total. The van der Waals surface area contributed by atoms with Gasteiger partial charge in [-0.1, -0.05) is 172 Å². The molecule has 62 heavy (non-hydrogen) atoms. The number of nitrogens with zero attached hydrogens (tertiary/aromatic N) is 3. The first-order chi connectivity index (χ1) is 30.4. The van der Waals surface area contributed by atoms with E-state index in [9.17, 15) is 0 Å². The molecule has 0 saturated carbocycles. The summed E-state index contributed by atoms with van der Waals surface area (Å²) in [5.41, 5.74) is 20.4. The summed E-state index contributed by atoms with van der Waals surface area (Å²) in [6, 6.07) is 82.3. The number of rotatable bonds is 7. The molecule has 4 heteroatoms. The third-order valence-corrected chi connectivity index (χ3v) is 12.6. The van der Waals surface area contributed by atoms with Crippen LogP contribution >= 0.6 is 0 Å². The molecule has 0 fully saturated rings. The minimum atomic E-state index is -0.0314. The Morgan fingerprint density at radius 3 is 1.58 bits per heavy atom. The van der Waals surface area contributed by atoms with Gasteiger partial charge >= 0.3 is 0 Å². The summed E-state index contributed by atoms with van der Waals surface area (Å²) in [7, 11) is 0. The number of hydrogen-bond donors (Lipinski definition) is 0. The maximum absolute atomic E-state index is 2.52. The smallest absolute Gasteiger partial charge is 0.252 e. The molecule has 9 aromatic rings. The fourth-order valence-corrected chi connectivity index (χ4v) is 9.65. The van der Waals surface area contributed by atoms with Crippen LogP contribution in [0.3, 0.4) is 0 Å². The van der Waals surface area contributed by atoms with Crippen molar-refractivity contribution in [3.05, 3.63) is 230 Å². The van der Waals surface area contributed by atoms with Crippen LogP contribution in [0.5, 0.6) is 0 Å². The Bertz CT molecular complexity index is 3010. The lowest BCUT2D eigenvalue weighted by Crippen LogP contribution is -2.61. The second-order valence-corrected chi connectivity index (χ2v) is 17.4. The zero-order valence-electron chi connectivity index (χ0n) is 35.3. The van der Waals surface area contributed by atoms with Gasteiger partial charge in [0.2, 0.25) is 0 Å². The summed E-state index contributed by atoms with van der Waals surface area (Å²) in [6.07, 6.45) is 0. The van der Waals surface area contributed by atoms with Crippen molar-refractivity contribution in [1.82, 2.24) is 0 Å². The topological polar surface area (TPSA) is 9.72 Å². The highest BCUT2D eigenvalue weighted by Crippen LogP contribution is 2.48. The molecule has 0 unspecified atom stereocenters. The second kappa shape index (κ2) is 15.2. The van der Waals surface area contributed by atoms with Crippen molar-refractivity contribution in [2.24, 2.45) is 0 Å². The zero-order valence-corrected chi connectivity index (χ0v) is 35.3. The number of hydrogen-bond acceptors (Lipinski definition) is 3. The van der Waals surface area contributed by atoms with Gasteiger partial charge in [-0.2, -0.15) is 0 Å². The Balaban J connectivity index is 1.20. The van der Waals surface area contributed by atoms with Crippen LogP contribution in [-0.2, 0) is 5.41 Å². The molecule has 9 aromatic carbocycles. The van der Waals surface area contributed by atoms with Crippen LogP contribution in [0.4, 0.5) is 51.2 Å². The van der Waals surface area contributed by atoms with Crippen LogP contribution in [0.15, 0.2) is 224 Å². The highest BCUT2D eigenvalue weighted by atomic mass is 15.2. The van der Waals surface area contributed by atoms with Crippen molar-refractivity contribution in [3.8, 4) is 22.3 Å². The molecule has 0 saturated heterocycles. The van der Waals surface area contributed by atoms with Gasteiger partial charge < -0.3 is 14.7 Å². The number of anilines is 9. The van der Waals surface area contributed by atoms with Gasteiger partial charge in [-0.25, -0.2) is 0 Å². The summed E-state index contributed by atoms with van der Waals surface area (Å²) >= 11 is 0. The second-order valence-electron chi connectivity index (χ2n) is 17.4. The van der Waals surface area contributed by atoms with Crippen molar-refractivity contribution in [3.63, 3.8) is 0 Å². The first kappa shape index (κ1) is 37.4. The van der Waals surface area contributed by atoms with E-state index >= 15 is 0 Å². The lowest BCUT2D eigenvalue weighted by molar-refractivity contribution is 0.590. The largest absolute Gasteiger partial charge is 0.311 e. The third-order valence-electron chi connectivity index (χ3n) is 12.6. The molecular weight excluding hydrogens is 749 g/mol. The van der Waals surface area contributed by atoms with E-state index in [4.69, 9.17) is 0 Å². The molecule has 2 aliphatic rings. The summed E-state index contributed by atoms with van der Waals surface area (Å²) in [5, 5.41) is 0. The molecule has 0 aliphatic carbocycles. The lowest BCUT2D eigenvalue weighted by atomic mass is 9.33. The fourth-order valence-electron chi connectivity index (χ4n) is 9.65. The standard InChI is InChI=1S/C58H46BN3/c1-58(2,3)44-32-34-47(35-33-44)61-54-29-18-30-55-57(54)59(50-37-36-48(40-56(50)61)60(45-23-12-6-13-24-45)46-25-14-7-15-26-46)51-39-43(41-19-8-4-9-20-41)31-38-53(51)62(55)52-28-17-16-27-49(52)42-21-10-5-11-22-42/h4-40H,1-3H3. The highest BCUT2D eigenvalue weighted by Gasteiger charge is 2.44. The number of fused-ring (bicyclic) bond motifs is 4. The van der Waals surface area contributed by atoms with Crippen LogP contribution < -0.4 is 31.1 Å². The molecule has 0 amide bonds. The molecule has 0 bridgehead atoms. The molecule has 0 atom stereocenters. The van der Waals surface area contributed by atoms with Gasteiger partial charge in [0.1, 0.15) is 0 Å². The molecular formula is C58H46BN3. The maximum atomic E-state index is 2.52. The monoisotopic (exact) mass is 795 g/mol. The minimum absolute atomic E-state index is 0.0290. The summed E-state index contributed by atoms with van der Waals surface area (Å²) in [6.45, 7) is 6.82. The Labute approximate surface area is 365 Å². The van der Waals surface area contributed by atoms with Crippen molar-refractivity contribution < 1.29 is 0 Å². The minimum Gasteiger partial charge on any atom is -0.311 e. The van der Waals surface area contributed by atoms with Crippen LogP contribution in [0.1, 0.15) is 26.3 Å². The van der Waals surface area contributed by atoms with Gasteiger partial charge in [-0.15, -0.1) is 0 Å². The van der Waals surface area contributed by atoms with Crippen molar-refractivity contribution in [1.29, 1.82) is 0 Å². The van der Waals surface area contributed by atoms with Gasteiger partial charge in [0.15, 0.2) is 0 Å². The van der Waals surface area contributed by atoms with Gasteiger partial charge in [0.25, 0.3) is 6.71 Å². The molecule has 2 heterocycles. The van der Waals surface area contributed by atoms with Gasteiger partial charge in [0, 0.05) is 51.1 Å². The van der Waals surface area contributed by atoms with E-state index in [0.717, 1.165) is 28.4 Å². The number of para-hydroxylation sites is 3. The average molecular weight is 796 g/mol. The molecule has 0 aromatic heterocycles. The maximum Gasteiger partial charge on any atom is 0.252 e. The summed E-state index contributed by atoms with van der Waals surface area (Å²) in [5.74, 6) is 0. The van der Waals surface area contributed by atoms with E-state index in [0.29, 0.717) is 0 Å². The predicted octanol–water partition coefficient (Wildman–Crippen LogP) is 13.9. The van der Waals surface area contributed by atoms with Crippen molar-refractivity contribution in [2.75, 3.05) is 14.7 Å². The third kappa shape index (κ3) is 6.38. The first-order valence-electron chi connectivity index (χ1n) is 21.6. The molecule has 2 aliphatic heterocycles. The van der Waals surface area contributed by atoms with Crippen LogP contribution in [0.2, 0.25) is 0 Å². The van der Waals surface area contributed by atoms with Gasteiger partial charge in [-0.05, 0) is 117 Å². The highest BCUT2D eigenvalue weighted by molar-refractivity contribution is 7.00. The quantitative estimate of drug-likeness (QED) is 0.149. The molecule has 3 nitrogen and oxygen atoms in total. The van der Waals surface area contributed by atoms with Crippen molar-refractivity contribution in [2.45, 2.75) is 26.2 Å². The van der Waals surface area contributed by atoms with E-state index in [1.54, 1.807) is 0 Å². The summed E-state index contributed by atoms with van der Waals surface area (Å²) < 4.78 is 0. The molecule has 0 spiro atoms. The molecule has 0 radical (unpaired) electrons. The van der Waals surface area contributed by atoms with Crippen LogP contribution in [-0.4, -0.2) is 6.71 Å². The van der Waals surface area contributed by atoms with Crippen LogP contribution in [0, 0.1) is 0 Å². The van der Waals surface area contributed by atoms with E-state index in [2.05, 4.69) is 260 Å². The SMILES string of the molecule is CC(C)(C)c1ccc(N2c3cc(N(c4ccccc4)c4ccccc4)ccc3B3c4cc(-c5ccccc5)ccc4N(c4ccccc4-c4ccccc4)c4cccc2c43)cc1. The van der Waals surface area contributed by atoms with Gasteiger partial charge in [0.05, 0.1) is 5.69 Å². The van der Waals surface area contributed by atoms with E-state index in [1.807, 2.05) is 0 Å².